The van der Waals surface area contributed by atoms with Gasteiger partial charge in [-0.2, -0.15) is 0 Å². The number of carbonyl (C=O) groups is 1. The standard InChI is InChI=1S/C17H23Cl2NO/c1-17(2,12-18)16(21)20-10-4-3-5-14(11-20)13-6-8-15(19)9-7-13/h6-9,14H,3-5,10-12H2,1-2H3. The zero-order valence-electron chi connectivity index (χ0n) is 12.7. The summed E-state index contributed by atoms with van der Waals surface area (Å²) in [5.74, 6) is 0.909. The van der Waals surface area contributed by atoms with Crippen molar-refractivity contribution < 1.29 is 4.79 Å². The highest BCUT2D eigenvalue weighted by atomic mass is 35.5. The minimum absolute atomic E-state index is 0.165. The Bertz CT molecular complexity index is 484. The first-order valence-electron chi connectivity index (χ1n) is 7.55. The third-order valence-corrected chi connectivity index (χ3v) is 5.13. The Labute approximate surface area is 137 Å². The molecular formula is C17H23Cl2NO. The number of amides is 1. The number of hydrogen-bond acceptors (Lipinski definition) is 1. The van der Waals surface area contributed by atoms with Gasteiger partial charge in [0.15, 0.2) is 0 Å². The van der Waals surface area contributed by atoms with Crippen molar-refractivity contribution in [2.24, 2.45) is 5.41 Å². The minimum Gasteiger partial charge on any atom is -0.342 e. The second-order valence-electron chi connectivity index (χ2n) is 6.51. The molecule has 1 unspecified atom stereocenters. The fourth-order valence-electron chi connectivity index (χ4n) is 2.82. The third-order valence-electron chi connectivity index (χ3n) is 4.21. The zero-order chi connectivity index (χ0) is 15.5. The van der Waals surface area contributed by atoms with E-state index in [4.69, 9.17) is 23.2 Å². The van der Waals surface area contributed by atoms with Crippen molar-refractivity contribution in [1.29, 1.82) is 0 Å². The maximum absolute atomic E-state index is 12.7. The van der Waals surface area contributed by atoms with E-state index in [1.54, 1.807) is 0 Å². The Kier molecular flexibility index (Phi) is 5.56. The summed E-state index contributed by atoms with van der Waals surface area (Å²) in [6.07, 6.45) is 3.33. The third kappa shape index (κ3) is 4.14. The van der Waals surface area contributed by atoms with Crippen molar-refractivity contribution >= 4 is 29.1 Å². The van der Waals surface area contributed by atoms with Gasteiger partial charge in [-0.3, -0.25) is 4.79 Å². The topological polar surface area (TPSA) is 20.3 Å². The number of benzene rings is 1. The summed E-state index contributed by atoms with van der Waals surface area (Å²) in [5.41, 5.74) is 0.777. The molecule has 0 spiro atoms. The van der Waals surface area contributed by atoms with Crippen LogP contribution in [0.3, 0.4) is 0 Å². The molecule has 0 radical (unpaired) electrons. The first-order valence-corrected chi connectivity index (χ1v) is 8.46. The van der Waals surface area contributed by atoms with Crippen LogP contribution in [0.15, 0.2) is 24.3 Å². The molecule has 0 saturated carbocycles. The average Bonchev–Trinajstić information content (AvgIpc) is 2.73. The van der Waals surface area contributed by atoms with E-state index in [2.05, 4.69) is 12.1 Å². The molecule has 1 fully saturated rings. The Morgan fingerprint density at radius 2 is 1.95 bits per heavy atom. The number of likely N-dealkylation sites (tertiary alicyclic amines) is 1. The number of carbonyl (C=O) groups excluding carboxylic acids is 1. The largest absolute Gasteiger partial charge is 0.342 e. The van der Waals surface area contributed by atoms with Crippen molar-refractivity contribution in [2.45, 2.75) is 39.0 Å². The molecule has 1 aromatic carbocycles. The lowest BCUT2D eigenvalue weighted by Gasteiger charge is -2.31. The van der Waals surface area contributed by atoms with Crippen LogP contribution >= 0.6 is 23.2 Å². The van der Waals surface area contributed by atoms with E-state index < -0.39 is 5.41 Å². The van der Waals surface area contributed by atoms with Gasteiger partial charge in [0.1, 0.15) is 0 Å². The van der Waals surface area contributed by atoms with Gasteiger partial charge in [-0.1, -0.05) is 30.2 Å². The number of hydrogen-bond donors (Lipinski definition) is 0. The van der Waals surface area contributed by atoms with Gasteiger partial charge in [0, 0.05) is 29.9 Å². The van der Waals surface area contributed by atoms with E-state index in [1.807, 2.05) is 30.9 Å². The maximum atomic E-state index is 12.7. The predicted molar refractivity (Wildman–Crippen MR) is 89.1 cm³/mol. The number of rotatable bonds is 3. The summed E-state index contributed by atoms with van der Waals surface area (Å²) in [4.78, 5) is 14.6. The van der Waals surface area contributed by atoms with Crippen LogP contribution in [0.5, 0.6) is 0 Å². The normalized spacial score (nSPS) is 20.2. The molecule has 0 N–H and O–H groups in total. The van der Waals surface area contributed by atoms with Gasteiger partial charge in [-0.05, 0) is 44.4 Å². The SMILES string of the molecule is CC(C)(CCl)C(=O)N1CCCCC(c2ccc(Cl)cc2)C1. The van der Waals surface area contributed by atoms with Crippen molar-refractivity contribution in [3.8, 4) is 0 Å². The van der Waals surface area contributed by atoms with Crippen LogP contribution in [-0.2, 0) is 4.79 Å². The van der Waals surface area contributed by atoms with E-state index >= 15 is 0 Å². The van der Waals surface area contributed by atoms with E-state index in [1.165, 1.54) is 5.56 Å². The highest BCUT2D eigenvalue weighted by molar-refractivity contribution is 6.30. The Balaban J connectivity index is 2.15. The molecule has 1 aliphatic rings. The van der Waals surface area contributed by atoms with Gasteiger partial charge < -0.3 is 4.90 Å². The van der Waals surface area contributed by atoms with Crippen LogP contribution in [0.1, 0.15) is 44.6 Å². The van der Waals surface area contributed by atoms with E-state index in [-0.39, 0.29) is 5.91 Å². The molecule has 1 heterocycles. The minimum atomic E-state index is -0.490. The maximum Gasteiger partial charge on any atom is 0.229 e. The summed E-state index contributed by atoms with van der Waals surface area (Å²) in [6, 6.07) is 8.01. The van der Waals surface area contributed by atoms with Crippen LogP contribution in [0.4, 0.5) is 0 Å². The zero-order valence-corrected chi connectivity index (χ0v) is 14.3. The molecule has 0 aliphatic carbocycles. The monoisotopic (exact) mass is 327 g/mol. The van der Waals surface area contributed by atoms with Crippen molar-refractivity contribution in [3.05, 3.63) is 34.9 Å². The molecule has 1 atom stereocenters. The van der Waals surface area contributed by atoms with Crippen molar-refractivity contribution in [1.82, 2.24) is 4.90 Å². The Morgan fingerprint density at radius 3 is 2.57 bits per heavy atom. The quantitative estimate of drug-likeness (QED) is 0.737. The molecule has 0 aromatic heterocycles. The average molecular weight is 328 g/mol. The van der Waals surface area contributed by atoms with Crippen molar-refractivity contribution in [2.75, 3.05) is 19.0 Å². The molecule has 1 amide bonds. The second kappa shape index (κ2) is 7.02. The summed E-state index contributed by atoms with van der Waals surface area (Å²) in [7, 11) is 0. The van der Waals surface area contributed by atoms with Crippen molar-refractivity contribution in [3.63, 3.8) is 0 Å². The van der Waals surface area contributed by atoms with E-state index in [0.717, 1.165) is 37.4 Å². The first-order chi connectivity index (χ1) is 9.94. The van der Waals surface area contributed by atoms with Crippen LogP contribution in [0.25, 0.3) is 0 Å². The first kappa shape index (κ1) is 16.6. The van der Waals surface area contributed by atoms with Gasteiger partial charge in [0.05, 0.1) is 5.41 Å². The molecule has 2 nitrogen and oxygen atoms in total. The smallest absolute Gasteiger partial charge is 0.229 e. The van der Waals surface area contributed by atoms with E-state index in [0.29, 0.717) is 11.8 Å². The van der Waals surface area contributed by atoms with Crippen LogP contribution in [0.2, 0.25) is 5.02 Å². The molecular weight excluding hydrogens is 305 g/mol. The second-order valence-corrected chi connectivity index (χ2v) is 7.22. The lowest BCUT2D eigenvalue weighted by atomic mass is 9.92. The van der Waals surface area contributed by atoms with Gasteiger partial charge in [0.2, 0.25) is 5.91 Å². The summed E-state index contributed by atoms with van der Waals surface area (Å²) in [6.45, 7) is 5.46. The lowest BCUT2D eigenvalue weighted by molar-refractivity contribution is -0.139. The molecule has 21 heavy (non-hydrogen) atoms. The highest BCUT2D eigenvalue weighted by Crippen LogP contribution is 2.30. The van der Waals surface area contributed by atoms with Gasteiger partial charge in [-0.25, -0.2) is 0 Å². The number of halogens is 2. The van der Waals surface area contributed by atoms with Gasteiger partial charge >= 0.3 is 0 Å². The molecule has 2 rings (SSSR count). The molecule has 1 saturated heterocycles. The molecule has 4 heteroatoms. The summed E-state index contributed by atoms with van der Waals surface area (Å²) >= 11 is 11.9. The lowest BCUT2D eigenvalue weighted by Crippen LogP contribution is -2.43. The summed E-state index contributed by atoms with van der Waals surface area (Å²) < 4.78 is 0. The predicted octanol–water partition coefficient (Wildman–Crippen LogP) is 4.70. The van der Waals surface area contributed by atoms with E-state index in [9.17, 15) is 4.79 Å². The number of alkyl halides is 1. The van der Waals surface area contributed by atoms with Crippen LogP contribution in [0, 0.1) is 5.41 Å². The van der Waals surface area contributed by atoms with Gasteiger partial charge in [0.25, 0.3) is 0 Å². The molecule has 1 aliphatic heterocycles. The Hall–Kier alpha value is -0.730. The number of nitrogens with zero attached hydrogens (tertiary/aromatic N) is 1. The summed E-state index contributed by atoms with van der Waals surface area (Å²) in [5, 5.41) is 0.753. The molecule has 1 aromatic rings. The Morgan fingerprint density at radius 1 is 1.29 bits per heavy atom. The molecule has 116 valence electrons. The van der Waals surface area contributed by atoms with Crippen LogP contribution in [-0.4, -0.2) is 29.8 Å². The van der Waals surface area contributed by atoms with Crippen LogP contribution < -0.4 is 0 Å². The highest BCUT2D eigenvalue weighted by Gasteiger charge is 2.33. The fourth-order valence-corrected chi connectivity index (χ4v) is 3.06. The fraction of sp³-hybridized carbons (Fsp3) is 0.588. The molecule has 0 bridgehead atoms. The van der Waals surface area contributed by atoms with Gasteiger partial charge in [-0.15, -0.1) is 11.6 Å².